The first kappa shape index (κ1) is 25.1. The smallest absolute Gasteiger partial charge is 0.244 e. The van der Waals surface area contributed by atoms with Gasteiger partial charge in [-0.25, -0.2) is 9.97 Å². The third-order valence-electron chi connectivity index (χ3n) is 8.20. The van der Waals surface area contributed by atoms with Gasteiger partial charge in [-0.1, -0.05) is 24.3 Å². The highest BCUT2D eigenvalue weighted by molar-refractivity contribution is 5.91. The number of rotatable bonds is 9. The number of para-hydroxylation sites is 1. The van der Waals surface area contributed by atoms with Crippen molar-refractivity contribution in [2.75, 3.05) is 25.5 Å². The first-order chi connectivity index (χ1) is 18.0. The second-order valence-corrected chi connectivity index (χ2v) is 10.9. The molecule has 2 saturated carbocycles. The van der Waals surface area contributed by atoms with Gasteiger partial charge in [-0.15, -0.1) is 4.91 Å². The van der Waals surface area contributed by atoms with Crippen molar-refractivity contribution in [3.05, 3.63) is 70.9 Å². The fourth-order valence-electron chi connectivity index (χ4n) is 5.93. The summed E-state index contributed by atoms with van der Waals surface area (Å²) in [5.74, 6) is 3.15. The summed E-state index contributed by atoms with van der Waals surface area (Å²) in [4.78, 5) is 34.7. The molecule has 2 aliphatic carbocycles. The molecular weight excluding hydrogens is 462 g/mol. The largest absolute Gasteiger partial charge is 0.362 e. The van der Waals surface area contributed by atoms with E-state index in [9.17, 15) is 9.70 Å². The van der Waals surface area contributed by atoms with Gasteiger partial charge >= 0.3 is 0 Å². The minimum absolute atomic E-state index is 0.0958. The van der Waals surface area contributed by atoms with E-state index in [0.29, 0.717) is 17.0 Å². The molecule has 192 valence electrons. The zero-order valence-corrected chi connectivity index (χ0v) is 21.7. The molecule has 7 nitrogen and oxygen atoms in total. The Bertz CT molecular complexity index is 1310. The summed E-state index contributed by atoms with van der Waals surface area (Å²) in [5, 5.41) is 7.09. The number of nitrogens with zero attached hydrogens (tertiary/aromatic N) is 4. The van der Waals surface area contributed by atoms with E-state index in [4.69, 9.17) is 9.97 Å². The van der Waals surface area contributed by atoms with Gasteiger partial charge in [0.2, 0.25) is 5.91 Å². The lowest BCUT2D eigenvalue weighted by molar-refractivity contribution is -0.116. The van der Waals surface area contributed by atoms with E-state index in [1.54, 1.807) is 24.3 Å². The monoisotopic (exact) mass is 497 g/mol. The van der Waals surface area contributed by atoms with Crippen LogP contribution < -0.4 is 10.2 Å². The van der Waals surface area contributed by atoms with Crippen LogP contribution in [0.2, 0.25) is 0 Å². The zero-order valence-electron chi connectivity index (χ0n) is 21.7. The van der Waals surface area contributed by atoms with Crippen molar-refractivity contribution in [2.24, 2.45) is 22.4 Å². The summed E-state index contributed by atoms with van der Waals surface area (Å²) in [6, 6.07) is 15.2. The number of nitrogens with one attached hydrogen (secondary N) is 1. The number of aryl methyl sites for hydroxylation is 1. The molecule has 1 N–H and O–H groups in total. The van der Waals surface area contributed by atoms with Gasteiger partial charge < -0.3 is 10.2 Å². The summed E-state index contributed by atoms with van der Waals surface area (Å²) in [6.45, 7) is 0.720. The van der Waals surface area contributed by atoms with Gasteiger partial charge in [0.1, 0.15) is 17.3 Å². The summed E-state index contributed by atoms with van der Waals surface area (Å²) in [5.41, 5.74) is 2.67. The molecule has 1 atom stereocenters. The number of amides is 1. The average molecular weight is 498 g/mol. The number of hydrogen-bond donors (Lipinski definition) is 1. The standard InChI is InChI=1S/C30H35N5O2/c1-35(2)29-25-8-3-4-9-26(25)32-27(33-29)12-11-23-19-30(23)16-14-22(15-17-30)20-31-28(36)13-10-21-6-5-7-24(18-21)34-37/h3-10,13,18,22-23H,11-12,14-17,19-20H2,1-2H3,(H,31,36)/b13-10+. The molecule has 2 aromatic carbocycles. The molecular formula is C30H35N5O2. The molecule has 0 saturated heterocycles. The Morgan fingerprint density at radius 1 is 1.14 bits per heavy atom. The average Bonchev–Trinajstić information content (AvgIpc) is 3.61. The van der Waals surface area contributed by atoms with Gasteiger partial charge in [-0.3, -0.25) is 4.79 Å². The van der Waals surface area contributed by atoms with Gasteiger partial charge in [-0.05, 0) is 96.9 Å². The predicted octanol–water partition coefficient (Wildman–Crippen LogP) is 6.05. The molecule has 2 fully saturated rings. The van der Waals surface area contributed by atoms with Crippen LogP contribution >= 0.6 is 0 Å². The van der Waals surface area contributed by atoms with E-state index < -0.39 is 0 Å². The Kier molecular flexibility index (Phi) is 7.31. The van der Waals surface area contributed by atoms with Gasteiger partial charge in [-0.2, -0.15) is 0 Å². The maximum Gasteiger partial charge on any atom is 0.244 e. The molecule has 1 spiro atoms. The topological polar surface area (TPSA) is 87.5 Å². The number of fused-ring (bicyclic) bond motifs is 1. The lowest BCUT2D eigenvalue weighted by Gasteiger charge is -2.29. The quantitative estimate of drug-likeness (QED) is 0.287. The number of carbonyl (C=O) groups is 1. The minimum atomic E-state index is -0.0958. The number of nitroso groups, excluding NO2 is 1. The van der Waals surface area contributed by atoms with Crippen LogP contribution in [0.5, 0.6) is 0 Å². The molecule has 37 heavy (non-hydrogen) atoms. The lowest BCUT2D eigenvalue weighted by Crippen LogP contribution is -2.30. The summed E-state index contributed by atoms with van der Waals surface area (Å²) in [6.07, 6.45) is 11.5. The summed E-state index contributed by atoms with van der Waals surface area (Å²) < 4.78 is 0. The van der Waals surface area contributed by atoms with Crippen molar-refractivity contribution < 1.29 is 4.79 Å². The second-order valence-electron chi connectivity index (χ2n) is 10.9. The molecule has 1 amide bonds. The molecule has 3 aromatic rings. The molecule has 1 heterocycles. The van der Waals surface area contributed by atoms with E-state index in [1.165, 1.54) is 38.2 Å². The van der Waals surface area contributed by atoms with Crippen LogP contribution in [0.1, 0.15) is 49.9 Å². The number of hydrogen-bond acceptors (Lipinski definition) is 6. The van der Waals surface area contributed by atoms with Crippen LogP contribution in [-0.4, -0.2) is 36.5 Å². The molecule has 0 radical (unpaired) electrons. The molecule has 1 unspecified atom stereocenters. The lowest BCUT2D eigenvalue weighted by atomic mass is 9.78. The van der Waals surface area contributed by atoms with Crippen molar-refractivity contribution in [1.29, 1.82) is 0 Å². The van der Waals surface area contributed by atoms with Crippen molar-refractivity contribution in [1.82, 2.24) is 15.3 Å². The maximum absolute atomic E-state index is 12.3. The van der Waals surface area contributed by atoms with Crippen LogP contribution in [-0.2, 0) is 11.2 Å². The molecule has 0 bridgehead atoms. The Morgan fingerprint density at radius 3 is 2.73 bits per heavy atom. The highest BCUT2D eigenvalue weighted by Crippen LogP contribution is 2.63. The van der Waals surface area contributed by atoms with Gasteiger partial charge in [0.25, 0.3) is 0 Å². The molecule has 1 aromatic heterocycles. The Labute approximate surface area is 218 Å². The highest BCUT2D eigenvalue weighted by atomic mass is 16.3. The summed E-state index contributed by atoms with van der Waals surface area (Å²) in [7, 11) is 4.08. The molecule has 7 heteroatoms. The zero-order chi connectivity index (χ0) is 25.8. The van der Waals surface area contributed by atoms with Crippen molar-refractivity contribution in [3.63, 3.8) is 0 Å². The van der Waals surface area contributed by atoms with E-state index in [0.717, 1.165) is 53.4 Å². The van der Waals surface area contributed by atoms with Crippen LogP contribution in [0.4, 0.5) is 11.5 Å². The Morgan fingerprint density at radius 2 is 1.95 bits per heavy atom. The van der Waals surface area contributed by atoms with Crippen molar-refractivity contribution in [2.45, 2.75) is 44.9 Å². The normalized spacial score (nSPS) is 22.9. The molecule has 5 rings (SSSR count). The first-order valence-electron chi connectivity index (χ1n) is 13.3. The minimum Gasteiger partial charge on any atom is -0.362 e. The third-order valence-corrected chi connectivity index (χ3v) is 8.20. The number of anilines is 1. The maximum atomic E-state index is 12.3. The third kappa shape index (κ3) is 5.87. The van der Waals surface area contributed by atoms with E-state index in [-0.39, 0.29) is 5.91 Å². The number of aromatic nitrogens is 2. The van der Waals surface area contributed by atoms with Crippen LogP contribution in [0.15, 0.2) is 59.8 Å². The summed E-state index contributed by atoms with van der Waals surface area (Å²) >= 11 is 0. The van der Waals surface area contributed by atoms with Gasteiger partial charge in [0, 0.05) is 38.5 Å². The van der Waals surface area contributed by atoms with E-state index in [1.807, 2.05) is 32.3 Å². The second kappa shape index (κ2) is 10.8. The highest BCUT2D eigenvalue weighted by Gasteiger charge is 2.53. The number of carbonyl (C=O) groups excluding carboxylic acids is 1. The van der Waals surface area contributed by atoms with Gasteiger partial charge in [0.15, 0.2) is 0 Å². The van der Waals surface area contributed by atoms with Crippen molar-refractivity contribution >= 4 is 34.4 Å². The van der Waals surface area contributed by atoms with Gasteiger partial charge in [0.05, 0.1) is 5.52 Å². The van der Waals surface area contributed by atoms with Crippen LogP contribution in [0.25, 0.3) is 17.0 Å². The fraction of sp³-hybridized carbons (Fsp3) is 0.433. The first-order valence-corrected chi connectivity index (χ1v) is 13.3. The van der Waals surface area contributed by atoms with Crippen molar-refractivity contribution in [3.8, 4) is 0 Å². The van der Waals surface area contributed by atoms with Crippen LogP contribution in [0.3, 0.4) is 0 Å². The fourth-order valence-corrected chi connectivity index (χ4v) is 5.93. The number of benzene rings is 2. The SMILES string of the molecule is CN(C)c1nc(CCC2CC23CCC(CNC(=O)/C=C/c2cccc(N=O)c2)CC3)nc2ccccc12. The van der Waals surface area contributed by atoms with E-state index >= 15 is 0 Å². The van der Waals surface area contributed by atoms with Crippen LogP contribution in [0, 0.1) is 22.2 Å². The van der Waals surface area contributed by atoms with E-state index in [2.05, 4.69) is 27.5 Å². The Hall–Kier alpha value is -3.61. The Balaban J connectivity index is 1.07. The molecule has 0 aliphatic heterocycles. The predicted molar refractivity (Wildman–Crippen MR) is 149 cm³/mol. The molecule has 2 aliphatic rings.